The molecule has 6 heteroatoms. The lowest BCUT2D eigenvalue weighted by molar-refractivity contribution is 0.177. The van der Waals surface area contributed by atoms with Crippen LogP contribution in [0, 0.1) is 0 Å². The van der Waals surface area contributed by atoms with Gasteiger partial charge in [-0.1, -0.05) is 0 Å². The lowest BCUT2D eigenvalue weighted by Gasteiger charge is -2.10. The molecule has 0 aliphatic heterocycles. The Labute approximate surface area is 116 Å². The summed E-state index contributed by atoms with van der Waals surface area (Å²) in [7, 11) is 1.55. The van der Waals surface area contributed by atoms with Crippen molar-refractivity contribution in [3.63, 3.8) is 0 Å². The average molecular weight is 275 g/mol. The Morgan fingerprint density at radius 2 is 2.10 bits per heavy atom. The first-order valence-corrected chi connectivity index (χ1v) is 6.29. The molecule has 0 amide bonds. The van der Waals surface area contributed by atoms with Gasteiger partial charge in [0.25, 0.3) is 5.56 Å². The van der Waals surface area contributed by atoms with Gasteiger partial charge in [-0.15, -0.1) is 0 Å². The van der Waals surface area contributed by atoms with Gasteiger partial charge in [-0.3, -0.25) is 9.78 Å². The Bertz CT molecular complexity index is 638. The minimum absolute atomic E-state index is 0.0586. The second-order valence-electron chi connectivity index (χ2n) is 4.59. The molecule has 2 rings (SSSR count). The molecule has 0 unspecified atom stereocenters. The van der Waals surface area contributed by atoms with Crippen molar-refractivity contribution < 1.29 is 9.47 Å². The number of pyridine rings is 1. The predicted octanol–water partition coefficient (Wildman–Crippen LogP) is 1.77. The first-order valence-electron chi connectivity index (χ1n) is 6.29. The van der Waals surface area contributed by atoms with Gasteiger partial charge in [0.2, 0.25) is 0 Å². The number of aromatic nitrogens is 3. The number of nitrogens with zero attached hydrogens (tertiary/aromatic N) is 2. The van der Waals surface area contributed by atoms with Crippen LogP contribution in [0.5, 0.6) is 5.75 Å². The van der Waals surface area contributed by atoms with Crippen molar-refractivity contribution in [2.45, 2.75) is 26.6 Å². The zero-order valence-electron chi connectivity index (χ0n) is 11.7. The van der Waals surface area contributed by atoms with Gasteiger partial charge in [-0.25, -0.2) is 4.98 Å². The highest BCUT2D eigenvalue weighted by Gasteiger charge is 2.07. The van der Waals surface area contributed by atoms with E-state index in [-0.39, 0.29) is 18.3 Å². The summed E-state index contributed by atoms with van der Waals surface area (Å²) < 4.78 is 10.6. The van der Waals surface area contributed by atoms with E-state index in [1.165, 1.54) is 6.07 Å². The van der Waals surface area contributed by atoms with Crippen molar-refractivity contribution in [3.8, 4) is 17.0 Å². The Morgan fingerprint density at radius 1 is 1.30 bits per heavy atom. The van der Waals surface area contributed by atoms with Gasteiger partial charge in [0, 0.05) is 24.9 Å². The lowest BCUT2D eigenvalue weighted by atomic mass is 10.2. The lowest BCUT2D eigenvalue weighted by Crippen LogP contribution is -2.12. The zero-order valence-corrected chi connectivity index (χ0v) is 11.7. The maximum Gasteiger partial charge on any atom is 0.251 e. The SMILES string of the molecule is COCc1nc(-c2cncc(OC(C)C)c2)cc(=O)[nH]1. The van der Waals surface area contributed by atoms with Crippen LogP contribution in [0.3, 0.4) is 0 Å². The van der Waals surface area contributed by atoms with Gasteiger partial charge < -0.3 is 14.5 Å². The monoisotopic (exact) mass is 275 g/mol. The number of ether oxygens (including phenoxy) is 2. The van der Waals surface area contributed by atoms with Crippen LogP contribution in [0.1, 0.15) is 19.7 Å². The highest BCUT2D eigenvalue weighted by atomic mass is 16.5. The molecule has 0 aromatic carbocycles. The van der Waals surface area contributed by atoms with E-state index in [0.717, 1.165) is 5.56 Å². The average Bonchev–Trinajstić information content (AvgIpc) is 2.38. The molecule has 6 nitrogen and oxygen atoms in total. The van der Waals surface area contributed by atoms with E-state index in [0.29, 0.717) is 17.3 Å². The van der Waals surface area contributed by atoms with Crippen LogP contribution < -0.4 is 10.3 Å². The van der Waals surface area contributed by atoms with Crippen molar-refractivity contribution in [1.82, 2.24) is 15.0 Å². The maximum atomic E-state index is 11.6. The number of hydrogen-bond acceptors (Lipinski definition) is 5. The molecular weight excluding hydrogens is 258 g/mol. The van der Waals surface area contributed by atoms with E-state index in [1.54, 1.807) is 19.5 Å². The zero-order chi connectivity index (χ0) is 14.5. The Morgan fingerprint density at radius 3 is 2.80 bits per heavy atom. The van der Waals surface area contributed by atoms with E-state index < -0.39 is 0 Å². The molecule has 2 aromatic heterocycles. The number of methoxy groups -OCH3 is 1. The molecule has 0 spiro atoms. The molecule has 106 valence electrons. The van der Waals surface area contributed by atoms with E-state index in [4.69, 9.17) is 9.47 Å². The first-order chi connectivity index (χ1) is 9.58. The minimum Gasteiger partial charge on any atom is -0.489 e. The molecule has 0 fully saturated rings. The Kier molecular flexibility index (Phi) is 4.47. The summed E-state index contributed by atoms with van der Waals surface area (Å²) in [6.07, 6.45) is 3.33. The number of hydrogen-bond donors (Lipinski definition) is 1. The van der Waals surface area contributed by atoms with E-state index in [1.807, 2.05) is 19.9 Å². The van der Waals surface area contributed by atoms with Crippen molar-refractivity contribution in [2.24, 2.45) is 0 Å². The summed E-state index contributed by atoms with van der Waals surface area (Å²) in [6, 6.07) is 3.24. The molecule has 0 bridgehead atoms. The van der Waals surface area contributed by atoms with Crippen LogP contribution in [-0.4, -0.2) is 28.2 Å². The van der Waals surface area contributed by atoms with Crippen LogP contribution in [0.15, 0.2) is 29.3 Å². The molecule has 0 saturated heterocycles. The van der Waals surface area contributed by atoms with E-state index >= 15 is 0 Å². The minimum atomic E-state index is -0.225. The quantitative estimate of drug-likeness (QED) is 0.899. The van der Waals surface area contributed by atoms with Crippen molar-refractivity contribution in [1.29, 1.82) is 0 Å². The second kappa shape index (κ2) is 6.29. The fourth-order valence-electron chi connectivity index (χ4n) is 1.76. The van der Waals surface area contributed by atoms with Gasteiger partial charge in [-0.05, 0) is 19.9 Å². The van der Waals surface area contributed by atoms with Gasteiger partial charge in [-0.2, -0.15) is 0 Å². The molecule has 0 aliphatic carbocycles. The van der Waals surface area contributed by atoms with Crippen molar-refractivity contribution in [3.05, 3.63) is 40.7 Å². The van der Waals surface area contributed by atoms with Crippen molar-refractivity contribution >= 4 is 0 Å². The fraction of sp³-hybridized carbons (Fsp3) is 0.357. The smallest absolute Gasteiger partial charge is 0.251 e. The first kappa shape index (κ1) is 14.2. The van der Waals surface area contributed by atoms with Crippen LogP contribution in [-0.2, 0) is 11.3 Å². The number of rotatable bonds is 5. The van der Waals surface area contributed by atoms with Crippen LogP contribution in [0.25, 0.3) is 11.3 Å². The largest absolute Gasteiger partial charge is 0.489 e. The van der Waals surface area contributed by atoms with Gasteiger partial charge in [0.1, 0.15) is 18.2 Å². The Hall–Kier alpha value is -2.21. The molecular formula is C14H17N3O3. The van der Waals surface area contributed by atoms with Gasteiger partial charge in [0.05, 0.1) is 18.0 Å². The third-order valence-electron chi connectivity index (χ3n) is 2.45. The predicted molar refractivity (Wildman–Crippen MR) is 74.6 cm³/mol. The summed E-state index contributed by atoms with van der Waals surface area (Å²) in [5.41, 5.74) is 1.05. The second-order valence-corrected chi connectivity index (χ2v) is 4.59. The summed E-state index contributed by atoms with van der Waals surface area (Å²) in [5, 5.41) is 0. The van der Waals surface area contributed by atoms with Gasteiger partial charge >= 0.3 is 0 Å². The Balaban J connectivity index is 2.38. The molecule has 1 N–H and O–H groups in total. The van der Waals surface area contributed by atoms with Crippen molar-refractivity contribution in [2.75, 3.05) is 7.11 Å². The number of H-pyrrole nitrogens is 1. The standard InChI is InChI=1S/C14H17N3O3/c1-9(2)20-11-4-10(6-15-7-11)12-5-14(18)17-13(16-12)8-19-3/h4-7,9H,8H2,1-3H3,(H,16,17,18). The summed E-state index contributed by atoms with van der Waals surface area (Å²) in [5.74, 6) is 1.12. The molecule has 20 heavy (non-hydrogen) atoms. The highest BCUT2D eigenvalue weighted by Crippen LogP contribution is 2.20. The third kappa shape index (κ3) is 3.64. The summed E-state index contributed by atoms with van der Waals surface area (Å²) >= 11 is 0. The highest BCUT2D eigenvalue weighted by molar-refractivity contribution is 5.59. The van der Waals surface area contributed by atoms with Gasteiger partial charge in [0.15, 0.2) is 0 Å². The third-order valence-corrected chi connectivity index (χ3v) is 2.45. The summed E-state index contributed by atoms with van der Waals surface area (Å²) in [6.45, 7) is 4.13. The normalized spacial score (nSPS) is 10.8. The molecule has 2 heterocycles. The summed E-state index contributed by atoms with van der Waals surface area (Å²) in [4.78, 5) is 22.7. The topological polar surface area (TPSA) is 77.1 Å². The van der Waals surface area contributed by atoms with Crippen LogP contribution in [0.2, 0.25) is 0 Å². The molecule has 0 saturated carbocycles. The van der Waals surface area contributed by atoms with Crippen LogP contribution >= 0.6 is 0 Å². The fourth-order valence-corrected chi connectivity index (χ4v) is 1.76. The molecule has 2 aromatic rings. The molecule has 0 aliphatic rings. The number of aromatic amines is 1. The number of nitrogens with one attached hydrogen (secondary N) is 1. The van der Waals surface area contributed by atoms with E-state index in [2.05, 4.69) is 15.0 Å². The van der Waals surface area contributed by atoms with E-state index in [9.17, 15) is 4.79 Å². The molecule has 0 atom stereocenters. The maximum absolute atomic E-state index is 11.6. The van der Waals surface area contributed by atoms with Crippen LogP contribution in [0.4, 0.5) is 0 Å². The molecule has 0 radical (unpaired) electrons.